The van der Waals surface area contributed by atoms with E-state index in [1.165, 1.54) is 0 Å². The molecule has 7 nitrogen and oxygen atoms in total. The third-order valence-electron chi connectivity index (χ3n) is 4.51. The van der Waals surface area contributed by atoms with E-state index in [4.69, 9.17) is 0 Å². The fourth-order valence-corrected chi connectivity index (χ4v) is 4.62. The number of sulfonamides is 1. The molecule has 0 saturated carbocycles. The molecule has 0 aliphatic rings. The van der Waals surface area contributed by atoms with Crippen molar-refractivity contribution in [3.05, 3.63) is 47.3 Å². The smallest absolute Gasteiger partial charge is 0.241 e. The van der Waals surface area contributed by atoms with Crippen LogP contribution in [0.2, 0.25) is 0 Å². The molecule has 160 valence electrons. The lowest BCUT2D eigenvalue weighted by Gasteiger charge is -2.18. The largest absolute Gasteiger partial charge is 0.355 e. The van der Waals surface area contributed by atoms with Crippen molar-refractivity contribution in [2.24, 2.45) is 0 Å². The van der Waals surface area contributed by atoms with Crippen LogP contribution in [0.1, 0.15) is 29.8 Å². The number of hydrogen-bond acceptors (Lipinski definition) is 5. The van der Waals surface area contributed by atoms with E-state index < -0.39 is 16.1 Å². The lowest BCUT2D eigenvalue weighted by Crippen LogP contribution is -2.47. The molecule has 2 aromatic rings. The molecule has 0 aliphatic carbocycles. The van der Waals surface area contributed by atoms with E-state index in [9.17, 15) is 13.2 Å². The summed E-state index contributed by atoms with van der Waals surface area (Å²) >= 11 is 1.57. The summed E-state index contributed by atoms with van der Waals surface area (Å²) in [5.41, 5.74) is 3.02. The van der Waals surface area contributed by atoms with Crippen LogP contribution in [0.25, 0.3) is 0 Å². The van der Waals surface area contributed by atoms with Gasteiger partial charge in [0.15, 0.2) is 0 Å². The minimum atomic E-state index is -3.76. The Hall–Kier alpha value is -1.84. The maximum Gasteiger partial charge on any atom is 0.241 e. The van der Waals surface area contributed by atoms with Crippen LogP contribution in [0.4, 0.5) is 0 Å². The van der Waals surface area contributed by atoms with Crippen LogP contribution >= 0.6 is 11.8 Å². The summed E-state index contributed by atoms with van der Waals surface area (Å²) in [6, 6.07) is 7.79. The van der Waals surface area contributed by atoms with Gasteiger partial charge in [0.1, 0.15) is 6.04 Å². The molecule has 0 unspecified atom stereocenters. The number of nitrogens with one attached hydrogen (secondary N) is 2. The van der Waals surface area contributed by atoms with Crippen LogP contribution in [-0.4, -0.2) is 48.7 Å². The molecule has 0 radical (unpaired) electrons. The number of aryl methyl sites for hydroxylation is 4. The molecule has 2 rings (SSSR count). The summed E-state index contributed by atoms with van der Waals surface area (Å²) in [4.78, 5) is 12.8. The molecule has 0 spiro atoms. The Bertz CT molecular complexity index is 908. The molecular weight excluding hydrogens is 408 g/mol. The van der Waals surface area contributed by atoms with Gasteiger partial charge in [-0.25, -0.2) is 8.42 Å². The zero-order valence-electron chi connectivity index (χ0n) is 17.4. The maximum absolute atomic E-state index is 12.7. The van der Waals surface area contributed by atoms with Crippen molar-refractivity contribution < 1.29 is 13.2 Å². The van der Waals surface area contributed by atoms with Crippen LogP contribution in [0, 0.1) is 20.8 Å². The topological polar surface area (TPSA) is 93.1 Å². The summed E-state index contributed by atoms with van der Waals surface area (Å²) in [7, 11) is -3.76. The maximum atomic E-state index is 12.7. The molecule has 29 heavy (non-hydrogen) atoms. The summed E-state index contributed by atoms with van der Waals surface area (Å²) < 4.78 is 29.8. The molecule has 0 aliphatic heterocycles. The van der Waals surface area contributed by atoms with E-state index in [0.29, 0.717) is 31.7 Å². The van der Waals surface area contributed by atoms with Crippen molar-refractivity contribution in [1.29, 1.82) is 0 Å². The molecule has 0 bridgehead atoms. The van der Waals surface area contributed by atoms with Crippen molar-refractivity contribution in [3.8, 4) is 0 Å². The zero-order valence-corrected chi connectivity index (χ0v) is 19.1. The lowest BCUT2D eigenvalue weighted by atomic mass is 10.2. The average molecular weight is 439 g/mol. The Balaban J connectivity index is 1.94. The molecule has 1 aromatic carbocycles. The molecule has 1 aromatic heterocycles. The highest BCUT2D eigenvalue weighted by Gasteiger charge is 2.25. The van der Waals surface area contributed by atoms with Gasteiger partial charge in [0.25, 0.3) is 0 Å². The minimum Gasteiger partial charge on any atom is -0.355 e. The summed E-state index contributed by atoms with van der Waals surface area (Å²) in [5.74, 6) is 0.378. The van der Waals surface area contributed by atoms with Gasteiger partial charge in [-0.3, -0.25) is 9.48 Å². The molecule has 2 N–H and O–H groups in total. The van der Waals surface area contributed by atoms with E-state index >= 15 is 0 Å². The van der Waals surface area contributed by atoms with Gasteiger partial charge in [-0.05, 0) is 63.8 Å². The second-order valence-electron chi connectivity index (χ2n) is 7.06. The number of thioether (sulfide) groups is 1. The third kappa shape index (κ3) is 7.17. The second kappa shape index (κ2) is 10.8. The average Bonchev–Trinajstić information content (AvgIpc) is 2.99. The Labute approximate surface area is 177 Å². The Morgan fingerprint density at radius 2 is 1.90 bits per heavy atom. The highest BCUT2D eigenvalue weighted by Crippen LogP contribution is 2.12. The number of aromatic nitrogens is 2. The van der Waals surface area contributed by atoms with Crippen molar-refractivity contribution in [3.63, 3.8) is 0 Å². The van der Waals surface area contributed by atoms with E-state index in [2.05, 4.69) is 15.1 Å². The molecule has 1 atom stereocenters. The normalized spacial score (nSPS) is 12.7. The van der Waals surface area contributed by atoms with Gasteiger partial charge < -0.3 is 5.32 Å². The van der Waals surface area contributed by atoms with Crippen molar-refractivity contribution in [1.82, 2.24) is 19.8 Å². The monoisotopic (exact) mass is 438 g/mol. The number of hydrogen-bond donors (Lipinski definition) is 2. The summed E-state index contributed by atoms with van der Waals surface area (Å²) in [6.07, 6.45) is 3.07. The first-order valence-electron chi connectivity index (χ1n) is 9.59. The molecule has 0 saturated heterocycles. The Kier molecular flexibility index (Phi) is 8.73. The van der Waals surface area contributed by atoms with Crippen molar-refractivity contribution in [2.75, 3.05) is 18.6 Å². The van der Waals surface area contributed by atoms with Gasteiger partial charge in [-0.2, -0.15) is 21.6 Å². The van der Waals surface area contributed by atoms with E-state index in [1.807, 2.05) is 37.8 Å². The fraction of sp³-hybridized carbons (Fsp3) is 0.500. The van der Waals surface area contributed by atoms with E-state index in [1.54, 1.807) is 36.0 Å². The number of benzene rings is 1. The van der Waals surface area contributed by atoms with Gasteiger partial charge in [0.2, 0.25) is 15.9 Å². The quantitative estimate of drug-likeness (QED) is 0.526. The van der Waals surface area contributed by atoms with Gasteiger partial charge in [-0.15, -0.1) is 0 Å². The lowest BCUT2D eigenvalue weighted by molar-refractivity contribution is -0.122. The fourth-order valence-electron chi connectivity index (χ4n) is 2.92. The van der Waals surface area contributed by atoms with Gasteiger partial charge in [0.05, 0.1) is 10.6 Å². The van der Waals surface area contributed by atoms with Gasteiger partial charge in [0, 0.05) is 18.8 Å². The van der Waals surface area contributed by atoms with E-state index in [0.717, 1.165) is 17.0 Å². The predicted molar refractivity (Wildman–Crippen MR) is 118 cm³/mol. The van der Waals surface area contributed by atoms with E-state index in [-0.39, 0.29) is 10.8 Å². The first-order chi connectivity index (χ1) is 13.7. The van der Waals surface area contributed by atoms with Crippen LogP contribution in [0.3, 0.4) is 0 Å². The van der Waals surface area contributed by atoms with Crippen molar-refractivity contribution >= 4 is 27.7 Å². The van der Waals surface area contributed by atoms with Crippen LogP contribution in [-0.2, 0) is 21.4 Å². The molecule has 1 amide bonds. The van der Waals surface area contributed by atoms with Crippen LogP contribution < -0.4 is 10.0 Å². The molecule has 9 heteroatoms. The van der Waals surface area contributed by atoms with Crippen LogP contribution in [0.15, 0.2) is 35.2 Å². The molecular formula is C20H30N4O3S2. The highest BCUT2D eigenvalue weighted by molar-refractivity contribution is 7.98. The zero-order chi connectivity index (χ0) is 21.4. The first-order valence-corrected chi connectivity index (χ1v) is 12.5. The number of carbonyl (C=O) groups is 1. The summed E-state index contributed by atoms with van der Waals surface area (Å²) in [5, 5.41) is 7.26. The van der Waals surface area contributed by atoms with Crippen molar-refractivity contribution in [2.45, 2.75) is 51.1 Å². The number of carbonyl (C=O) groups excluding carboxylic acids is 1. The van der Waals surface area contributed by atoms with Gasteiger partial charge >= 0.3 is 0 Å². The van der Waals surface area contributed by atoms with Crippen LogP contribution in [0.5, 0.6) is 0 Å². The highest BCUT2D eigenvalue weighted by atomic mass is 32.2. The third-order valence-corrected chi connectivity index (χ3v) is 6.64. The Morgan fingerprint density at radius 3 is 2.48 bits per heavy atom. The summed E-state index contributed by atoms with van der Waals surface area (Å²) in [6.45, 7) is 6.99. The SMILES string of the molecule is CSCC[C@@H](NS(=O)(=O)c1ccc(C)cc1)C(=O)NCCCn1nc(C)cc1C. The number of rotatable bonds is 11. The minimum absolute atomic E-state index is 0.162. The molecule has 0 fully saturated rings. The second-order valence-corrected chi connectivity index (χ2v) is 9.76. The number of amides is 1. The predicted octanol–water partition coefficient (Wildman–Crippen LogP) is 2.41. The van der Waals surface area contributed by atoms with Gasteiger partial charge in [-0.1, -0.05) is 17.7 Å². The first kappa shape index (κ1) is 23.4. The Morgan fingerprint density at radius 1 is 1.21 bits per heavy atom. The molecule has 1 heterocycles. The standard InChI is InChI=1S/C20H30N4O3S2/c1-15-6-8-18(9-7-15)29(26,27)23-19(10-13-28-4)20(25)21-11-5-12-24-17(3)14-16(2)22-24/h6-9,14,19,23H,5,10-13H2,1-4H3,(H,21,25)/t19-/m1/s1. The number of nitrogens with zero attached hydrogens (tertiary/aromatic N) is 2.